The number of nitriles is 1. The predicted octanol–water partition coefficient (Wildman–Crippen LogP) is 3.04. The van der Waals surface area contributed by atoms with Gasteiger partial charge in [0, 0.05) is 15.1 Å². The van der Waals surface area contributed by atoms with Crippen molar-refractivity contribution >= 4 is 27.7 Å². The molecule has 1 aromatic rings. The number of nitrogens with one attached hydrogen (secondary N) is 1. The van der Waals surface area contributed by atoms with Crippen LogP contribution in [0.3, 0.4) is 0 Å². The number of benzene rings is 1. The van der Waals surface area contributed by atoms with Gasteiger partial charge in [-0.2, -0.15) is 5.26 Å². The van der Waals surface area contributed by atoms with Crippen LogP contribution in [-0.4, -0.2) is 18.8 Å². The Kier molecular flexibility index (Phi) is 5.77. The van der Waals surface area contributed by atoms with E-state index >= 15 is 0 Å². The van der Waals surface area contributed by atoms with Gasteiger partial charge >= 0.3 is 0 Å². The average Bonchev–Trinajstić information content (AvgIpc) is 2.25. The van der Waals surface area contributed by atoms with Crippen molar-refractivity contribution in [2.24, 2.45) is 0 Å². The molecule has 1 aromatic carbocycles. The van der Waals surface area contributed by atoms with E-state index in [0.29, 0.717) is 0 Å². The fraction of sp³-hybridized carbons (Fsp3) is 0.364. The van der Waals surface area contributed by atoms with Crippen LogP contribution < -0.4 is 5.32 Å². The lowest BCUT2D eigenvalue weighted by atomic mass is 10.3. The molecular weight excluding hydrogens is 272 g/mol. The highest BCUT2D eigenvalue weighted by Crippen LogP contribution is 2.22. The van der Waals surface area contributed by atoms with E-state index in [1.807, 2.05) is 19.2 Å². The Morgan fingerprint density at radius 1 is 1.60 bits per heavy atom. The fourth-order valence-corrected chi connectivity index (χ4v) is 2.65. The van der Waals surface area contributed by atoms with Crippen LogP contribution in [0.1, 0.15) is 6.42 Å². The van der Waals surface area contributed by atoms with Crippen LogP contribution in [-0.2, 0) is 0 Å². The van der Waals surface area contributed by atoms with Crippen LogP contribution in [0.25, 0.3) is 0 Å². The van der Waals surface area contributed by atoms with E-state index in [1.165, 1.54) is 4.90 Å². The smallest absolute Gasteiger partial charge is 0.0958 e. The van der Waals surface area contributed by atoms with Gasteiger partial charge in [0.15, 0.2) is 0 Å². The molecule has 0 aromatic heterocycles. The van der Waals surface area contributed by atoms with Gasteiger partial charge in [0.2, 0.25) is 0 Å². The SMILES string of the molecule is CNC(C#N)CCSc1cccc(Br)c1. The fourth-order valence-electron chi connectivity index (χ4n) is 1.12. The lowest BCUT2D eigenvalue weighted by Gasteiger charge is -2.06. The molecule has 15 heavy (non-hydrogen) atoms. The predicted molar refractivity (Wildman–Crippen MR) is 67.9 cm³/mol. The van der Waals surface area contributed by atoms with Crippen LogP contribution in [0.15, 0.2) is 33.6 Å². The maximum absolute atomic E-state index is 8.74. The zero-order chi connectivity index (χ0) is 11.1. The first kappa shape index (κ1) is 12.6. The first-order valence-corrected chi connectivity index (χ1v) is 6.49. The molecular formula is C11H13BrN2S. The van der Waals surface area contributed by atoms with Crippen LogP contribution in [0.4, 0.5) is 0 Å². The van der Waals surface area contributed by atoms with Crippen LogP contribution >= 0.6 is 27.7 Å². The van der Waals surface area contributed by atoms with E-state index in [-0.39, 0.29) is 6.04 Å². The Morgan fingerprint density at radius 2 is 2.40 bits per heavy atom. The molecule has 1 rings (SSSR count). The molecule has 0 aliphatic rings. The van der Waals surface area contributed by atoms with Gasteiger partial charge in [-0.25, -0.2) is 0 Å². The second-order valence-electron chi connectivity index (χ2n) is 3.06. The van der Waals surface area contributed by atoms with Gasteiger partial charge in [-0.15, -0.1) is 11.8 Å². The first-order valence-electron chi connectivity index (χ1n) is 4.71. The van der Waals surface area contributed by atoms with E-state index in [1.54, 1.807) is 11.8 Å². The van der Waals surface area contributed by atoms with Gasteiger partial charge in [0.1, 0.15) is 0 Å². The highest BCUT2D eigenvalue weighted by Gasteiger charge is 2.03. The minimum absolute atomic E-state index is 0.0374. The van der Waals surface area contributed by atoms with Gasteiger partial charge in [0.05, 0.1) is 12.1 Å². The van der Waals surface area contributed by atoms with Crippen molar-refractivity contribution in [3.63, 3.8) is 0 Å². The maximum Gasteiger partial charge on any atom is 0.0958 e. The Hall–Kier alpha value is -0.500. The Balaban J connectivity index is 2.35. The van der Waals surface area contributed by atoms with Gasteiger partial charge < -0.3 is 5.32 Å². The molecule has 0 aliphatic heterocycles. The van der Waals surface area contributed by atoms with Gasteiger partial charge in [-0.05, 0) is 31.7 Å². The topological polar surface area (TPSA) is 35.8 Å². The molecule has 0 spiro atoms. The number of rotatable bonds is 5. The summed E-state index contributed by atoms with van der Waals surface area (Å²) in [6.45, 7) is 0. The number of hydrogen-bond acceptors (Lipinski definition) is 3. The maximum atomic E-state index is 8.74. The largest absolute Gasteiger partial charge is 0.305 e. The molecule has 0 amide bonds. The quantitative estimate of drug-likeness (QED) is 0.845. The van der Waals surface area contributed by atoms with Crippen molar-refractivity contribution in [1.82, 2.24) is 5.32 Å². The number of thioether (sulfide) groups is 1. The molecule has 0 radical (unpaired) electrons. The van der Waals surface area contributed by atoms with Crippen molar-refractivity contribution < 1.29 is 0 Å². The minimum atomic E-state index is -0.0374. The molecule has 0 saturated heterocycles. The Bertz CT molecular complexity index is 349. The molecule has 0 fully saturated rings. The number of nitrogens with zero attached hydrogens (tertiary/aromatic N) is 1. The molecule has 0 aliphatic carbocycles. The average molecular weight is 285 g/mol. The van der Waals surface area contributed by atoms with Gasteiger partial charge in [-0.3, -0.25) is 0 Å². The molecule has 1 atom stereocenters. The van der Waals surface area contributed by atoms with Crippen molar-refractivity contribution in [2.45, 2.75) is 17.4 Å². The van der Waals surface area contributed by atoms with Crippen LogP contribution in [0, 0.1) is 11.3 Å². The third-order valence-electron chi connectivity index (χ3n) is 1.98. The molecule has 1 unspecified atom stereocenters. The summed E-state index contributed by atoms with van der Waals surface area (Å²) in [4.78, 5) is 1.23. The Labute approximate surface area is 103 Å². The minimum Gasteiger partial charge on any atom is -0.305 e. The zero-order valence-electron chi connectivity index (χ0n) is 8.53. The summed E-state index contributed by atoms with van der Waals surface area (Å²) in [6.07, 6.45) is 0.865. The zero-order valence-corrected chi connectivity index (χ0v) is 10.9. The summed E-state index contributed by atoms with van der Waals surface area (Å²) < 4.78 is 1.10. The third kappa shape index (κ3) is 4.70. The van der Waals surface area contributed by atoms with E-state index in [4.69, 9.17) is 5.26 Å². The van der Waals surface area contributed by atoms with E-state index in [9.17, 15) is 0 Å². The van der Waals surface area contributed by atoms with E-state index in [0.717, 1.165) is 16.6 Å². The summed E-state index contributed by atoms with van der Waals surface area (Å²) in [6, 6.07) is 10.4. The summed E-state index contributed by atoms with van der Waals surface area (Å²) in [7, 11) is 1.82. The highest BCUT2D eigenvalue weighted by molar-refractivity contribution is 9.10. The highest BCUT2D eigenvalue weighted by atomic mass is 79.9. The van der Waals surface area contributed by atoms with Crippen molar-refractivity contribution in [1.29, 1.82) is 5.26 Å². The van der Waals surface area contributed by atoms with E-state index in [2.05, 4.69) is 39.4 Å². The molecule has 0 heterocycles. The van der Waals surface area contributed by atoms with Gasteiger partial charge in [-0.1, -0.05) is 22.0 Å². The van der Waals surface area contributed by atoms with Gasteiger partial charge in [0.25, 0.3) is 0 Å². The number of halogens is 1. The standard InChI is InChI=1S/C11H13BrN2S/c1-14-10(8-13)5-6-15-11-4-2-3-9(12)7-11/h2-4,7,10,14H,5-6H2,1H3. The van der Waals surface area contributed by atoms with Crippen molar-refractivity contribution in [3.05, 3.63) is 28.7 Å². The first-order chi connectivity index (χ1) is 7.26. The molecule has 0 saturated carbocycles. The van der Waals surface area contributed by atoms with Crippen LogP contribution in [0.2, 0.25) is 0 Å². The van der Waals surface area contributed by atoms with E-state index < -0.39 is 0 Å². The van der Waals surface area contributed by atoms with Crippen molar-refractivity contribution in [2.75, 3.05) is 12.8 Å². The molecule has 80 valence electrons. The molecule has 1 N–H and O–H groups in total. The Morgan fingerprint density at radius 3 is 3.00 bits per heavy atom. The normalized spacial score (nSPS) is 12.1. The monoisotopic (exact) mass is 284 g/mol. The van der Waals surface area contributed by atoms with Crippen molar-refractivity contribution in [3.8, 4) is 6.07 Å². The molecule has 0 bridgehead atoms. The van der Waals surface area contributed by atoms with Crippen LogP contribution in [0.5, 0.6) is 0 Å². The second-order valence-corrected chi connectivity index (χ2v) is 5.15. The lowest BCUT2D eigenvalue weighted by molar-refractivity contribution is 0.663. The summed E-state index contributed by atoms with van der Waals surface area (Å²) in [5, 5.41) is 11.7. The summed E-state index contributed by atoms with van der Waals surface area (Å²) in [5.41, 5.74) is 0. The third-order valence-corrected chi connectivity index (χ3v) is 3.50. The summed E-state index contributed by atoms with van der Waals surface area (Å²) in [5.74, 6) is 0.954. The number of hydrogen-bond donors (Lipinski definition) is 1. The lowest BCUT2D eigenvalue weighted by Crippen LogP contribution is -2.23. The molecule has 2 nitrogen and oxygen atoms in total. The summed E-state index contributed by atoms with van der Waals surface area (Å²) >= 11 is 5.20. The second kappa shape index (κ2) is 6.89. The molecule has 4 heteroatoms.